The van der Waals surface area contributed by atoms with Crippen molar-refractivity contribution in [2.75, 3.05) is 13.2 Å². The molecule has 0 spiro atoms. The number of aryl methyl sites for hydroxylation is 2. The minimum atomic E-state index is -1.59. The quantitative estimate of drug-likeness (QED) is 0.179. The predicted octanol–water partition coefficient (Wildman–Crippen LogP) is -1.19. The van der Waals surface area contributed by atoms with Crippen LogP contribution < -0.4 is 10.6 Å². The summed E-state index contributed by atoms with van der Waals surface area (Å²) in [6.07, 6.45) is -11.5. The lowest BCUT2D eigenvalue weighted by Gasteiger charge is -2.44. The molecule has 0 amide bonds. The summed E-state index contributed by atoms with van der Waals surface area (Å²) in [6, 6.07) is 15.3. The van der Waals surface area contributed by atoms with Crippen LogP contribution in [0.1, 0.15) is 22.3 Å². The van der Waals surface area contributed by atoms with Crippen molar-refractivity contribution in [2.45, 2.75) is 88.2 Å². The number of hydrogen-bond donors (Lipinski definition) is 8. The van der Waals surface area contributed by atoms with Gasteiger partial charge in [-0.05, 0) is 25.0 Å². The summed E-state index contributed by atoms with van der Waals surface area (Å²) in [5.41, 5.74) is 4.29. The summed E-state index contributed by atoms with van der Waals surface area (Å²) in [5.74, 6) is 0. The molecule has 39 heavy (non-hydrogen) atoms. The second kappa shape index (κ2) is 13.6. The van der Waals surface area contributed by atoms with Gasteiger partial charge in [0, 0.05) is 13.1 Å². The SMILES string of the molecule is Cc1ccc(CNC2O[C@H](CO[C@H]3O[C@H](CO)[C@@H](O)[C@H](O)[C@H]3O)[C@@H](O)[C@H](O)[C@H]2NCc2ccc(C)cc2)cc1. The maximum atomic E-state index is 11.1. The molecule has 4 rings (SSSR count). The van der Waals surface area contributed by atoms with Gasteiger partial charge in [0.1, 0.15) is 49.0 Å². The highest BCUT2D eigenvalue weighted by molar-refractivity contribution is 5.22. The topological polar surface area (TPSA) is 173 Å². The minimum Gasteiger partial charge on any atom is -0.394 e. The van der Waals surface area contributed by atoms with E-state index >= 15 is 0 Å². The first-order chi connectivity index (χ1) is 18.7. The Bertz CT molecular complexity index is 1020. The Morgan fingerprint density at radius 3 is 1.77 bits per heavy atom. The molecule has 1 unspecified atom stereocenters. The standard InChI is InChI=1S/C28H40N2O9/c1-15-3-7-17(8-4-15)11-29-21-24(34)23(33)20(38-27(21)30-12-18-9-5-16(2)6-10-18)14-37-28-26(36)25(35)22(32)19(13-31)39-28/h3-10,19-36H,11-14H2,1-2H3/t19-,20-,21-,22-,23-,24-,25+,26-,27?,28+/m1/s1. The third kappa shape index (κ3) is 7.40. The molecule has 0 saturated carbocycles. The van der Waals surface area contributed by atoms with E-state index in [0.717, 1.165) is 22.3 Å². The van der Waals surface area contributed by atoms with E-state index in [4.69, 9.17) is 14.2 Å². The van der Waals surface area contributed by atoms with Crippen molar-refractivity contribution >= 4 is 0 Å². The van der Waals surface area contributed by atoms with Gasteiger partial charge in [-0.25, -0.2) is 0 Å². The fourth-order valence-electron chi connectivity index (χ4n) is 4.77. The number of nitrogens with one attached hydrogen (secondary N) is 2. The van der Waals surface area contributed by atoms with Crippen LogP contribution in [0.2, 0.25) is 0 Å². The molecular formula is C28H40N2O9. The summed E-state index contributed by atoms with van der Waals surface area (Å²) in [7, 11) is 0. The molecule has 11 nitrogen and oxygen atoms in total. The summed E-state index contributed by atoms with van der Waals surface area (Å²) >= 11 is 0. The second-order valence-corrected chi connectivity index (χ2v) is 10.4. The van der Waals surface area contributed by atoms with Gasteiger partial charge in [-0.2, -0.15) is 0 Å². The zero-order chi connectivity index (χ0) is 28.1. The summed E-state index contributed by atoms with van der Waals surface area (Å²) in [6.45, 7) is 4.00. The van der Waals surface area contributed by atoms with Crippen LogP contribution >= 0.6 is 0 Å². The van der Waals surface area contributed by atoms with Crippen LogP contribution in [0.3, 0.4) is 0 Å². The molecule has 8 N–H and O–H groups in total. The van der Waals surface area contributed by atoms with Gasteiger partial charge in [0.05, 0.1) is 19.3 Å². The molecule has 0 radical (unpaired) electrons. The third-order valence-corrected chi connectivity index (χ3v) is 7.31. The second-order valence-electron chi connectivity index (χ2n) is 10.4. The Hall–Kier alpha value is -2.00. The first kappa shape index (κ1) is 30.0. The minimum absolute atomic E-state index is 0.297. The normalized spacial score (nSPS) is 35.2. The number of benzene rings is 2. The average molecular weight is 549 g/mol. The van der Waals surface area contributed by atoms with Crippen LogP contribution in [0.5, 0.6) is 0 Å². The Labute approximate surface area is 228 Å². The third-order valence-electron chi connectivity index (χ3n) is 7.31. The van der Waals surface area contributed by atoms with E-state index in [-0.39, 0.29) is 6.61 Å². The molecule has 0 bridgehead atoms. The van der Waals surface area contributed by atoms with Crippen molar-refractivity contribution < 1.29 is 44.8 Å². The number of rotatable bonds is 10. The zero-order valence-corrected chi connectivity index (χ0v) is 22.1. The molecule has 0 aromatic heterocycles. The lowest BCUT2D eigenvalue weighted by atomic mass is 9.95. The van der Waals surface area contributed by atoms with E-state index in [9.17, 15) is 30.6 Å². The molecular weight excluding hydrogens is 508 g/mol. The maximum absolute atomic E-state index is 11.1. The van der Waals surface area contributed by atoms with Crippen LogP contribution in [0.25, 0.3) is 0 Å². The van der Waals surface area contributed by atoms with Gasteiger partial charge in [0.2, 0.25) is 0 Å². The lowest BCUT2D eigenvalue weighted by Crippen LogP contribution is -2.67. The number of ether oxygens (including phenoxy) is 3. The molecule has 2 aromatic rings. The van der Waals surface area contributed by atoms with E-state index < -0.39 is 67.9 Å². The smallest absolute Gasteiger partial charge is 0.186 e. The van der Waals surface area contributed by atoms with Crippen LogP contribution in [0, 0.1) is 13.8 Å². The molecule has 2 fully saturated rings. The Balaban J connectivity index is 1.44. The molecule has 2 heterocycles. The highest BCUT2D eigenvalue weighted by Gasteiger charge is 2.47. The largest absolute Gasteiger partial charge is 0.394 e. The van der Waals surface area contributed by atoms with Crippen LogP contribution in [0.4, 0.5) is 0 Å². The van der Waals surface area contributed by atoms with Gasteiger partial charge in [0.15, 0.2) is 6.29 Å². The lowest BCUT2D eigenvalue weighted by molar-refractivity contribution is -0.312. The Morgan fingerprint density at radius 1 is 0.667 bits per heavy atom. The van der Waals surface area contributed by atoms with Crippen molar-refractivity contribution in [1.82, 2.24) is 10.6 Å². The van der Waals surface area contributed by atoms with Crippen molar-refractivity contribution in [3.8, 4) is 0 Å². The maximum Gasteiger partial charge on any atom is 0.186 e. The van der Waals surface area contributed by atoms with Crippen LogP contribution in [-0.2, 0) is 27.3 Å². The average Bonchev–Trinajstić information content (AvgIpc) is 2.94. The summed E-state index contributed by atoms with van der Waals surface area (Å²) in [4.78, 5) is 0. The molecule has 0 aliphatic carbocycles. The van der Waals surface area contributed by atoms with Gasteiger partial charge in [-0.3, -0.25) is 5.32 Å². The number of aliphatic hydroxyl groups excluding tert-OH is 6. The van der Waals surface area contributed by atoms with Crippen molar-refractivity contribution in [3.05, 3.63) is 70.8 Å². The van der Waals surface area contributed by atoms with Gasteiger partial charge in [-0.15, -0.1) is 0 Å². The Kier molecular flexibility index (Phi) is 10.4. The molecule has 2 aliphatic rings. The highest BCUT2D eigenvalue weighted by atomic mass is 16.7. The first-order valence-corrected chi connectivity index (χ1v) is 13.2. The van der Waals surface area contributed by atoms with Gasteiger partial charge in [0.25, 0.3) is 0 Å². The van der Waals surface area contributed by atoms with Gasteiger partial charge in [-0.1, -0.05) is 59.7 Å². The van der Waals surface area contributed by atoms with E-state index in [1.165, 1.54) is 0 Å². The molecule has 2 aliphatic heterocycles. The van der Waals surface area contributed by atoms with E-state index in [0.29, 0.717) is 13.1 Å². The summed E-state index contributed by atoms with van der Waals surface area (Å²) < 4.78 is 17.1. The zero-order valence-electron chi connectivity index (χ0n) is 22.1. The van der Waals surface area contributed by atoms with Gasteiger partial charge < -0.3 is 50.2 Å². The first-order valence-electron chi connectivity index (χ1n) is 13.2. The van der Waals surface area contributed by atoms with E-state index in [1.54, 1.807) is 0 Å². The number of hydrogen-bond acceptors (Lipinski definition) is 11. The molecule has 216 valence electrons. The Morgan fingerprint density at radius 2 is 1.21 bits per heavy atom. The van der Waals surface area contributed by atoms with E-state index in [1.807, 2.05) is 62.4 Å². The fraction of sp³-hybridized carbons (Fsp3) is 0.571. The van der Waals surface area contributed by atoms with Crippen molar-refractivity contribution in [3.63, 3.8) is 0 Å². The highest BCUT2D eigenvalue weighted by Crippen LogP contribution is 2.25. The van der Waals surface area contributed by atoms with Gasteiger partial charge >= 0.3 is 0 Å². The summed E-state index contributed by atoms with van der Waals surface area (Å²) in [5, 5.41) is 68.3. The van der Waals surface area contributed by atoms with Crippen molar-refractivity contribution in [1.29, 1.82) is 0 Å². The monoisotopic (exact) mass is 548 g/mol. The fourth-order valence-corrected chi connectivity index (χ4v) is 4.77. The van der Waals surface area contributed by atoms with Crippen LogP contribution in [0.15, 0.2) is 48.5 Å². The predicted molar refractivity (Wildman–Crippen MR) is 140 cm³/mol. The molecule has 10 atom stereocenters. The molecule has 2 saturated heterocycles. The molecule has 2 aromatic carbocycles. The van der Waals surface area contributed by atoms with Crippen molar-refractivity contribution in [2.24, 2.45) is 0 Å². The van der Waals surface area contributed by atoms with E-state index in [2.05, 4.69) is 10.6 Å². The number of aliphatic hydroxyl groups is 6. The van der Waals surface area contributed by atoms with Crippen LogP contribution in [-0.4, -0.2) is 105 Å². The molecule has 11 heteroatoms.